The molecule has 0 unspecified atom stereocenters. The van der Waals surface area contributed by atoms with Crippen LogP contribution in [-0.2, 0) is 27.8 Å². The summed E-state index contributed by atoms with van der Waals surface area (Å²) >= 11 is 0. The van der Waals surface area contributed by atoms with Gasteiger partial charge in [-0.3, -0.25) is 19.4 Å². The maximum Gasteiger partial charge on any atom is 0.257 e. The van der Waals surface area contributed by atoms with E-state index < -0.39 is 12.1 Å². The molecule has 3 heterocycles. The van der Waals surface area contributed by atoms with Crippen molar-refractivity contribution in [1.82, 2.24) is 24.9 Å². The van der Waals surface area contributed by atoms with E-state index in [0.29, 0.717) is 12.4 Å². The largest absolute Gasteiger partial charge is 0.356 e. The van der Waals surface area contributed by atoms with E-state index in [1.165, 1.54) is 0 Å². The quantitative estimate of drug-likeness (QED) is 0.826. The zero-order valence-electron chi connectivity index (χ0n) is 15.4. The van der Waals surface area contributed by atoms with E-state index >= 15 is 0 Å². The molecule has 2 aromatic heterocycles. The van der Waals surface area contributed by atoms with Gasteiger partial charge in [0.2, 0.25) is 5.91 Å². The maximum absolute atomic E-state index is 12.9. The molecular weight excluding hydrogens is 336 g/mol. The number of ether oxygens (including phenoxy) is 1. The molecule has 1 saturated heterocycles. The third kappa shape index (κ3) is 3.22. The highest BCUT2D eigenvalue weighted by Gasteiger charge is 2.42. The van der Waals surface area contributed by atoms with Crippen molar-refractivity contribution in [3.63, 3.8) is 0 Å². The van der Waals surface area contributed by atoms with Crippen molar-refractivity contribution < 1.29 is 14.3 Å². The number of rotatable bonds is 5. The highest BCUT2D eigenvalue weighted by atomic mass is 16.5. The van der Waals surface area contributed by atoms with Gasteiger partial charge in [0, 0.05) is 36.6 Å². The summed E-state index contributed by atoms with van der Waals surface area (Å²) < 4.78 is 7.27. The number of H-pyrrole nitrogens is 1. The van der Waals surface area contributed by atoms with Gasteiger partial charge in [-0.05, 0) is 20.3 Å². The van der Waals surface area contributed by atoms with Crippen LogP contribution in [-0.4, -0.2) is 55.9 Å². The zero-order valence-corrected chi connectivity index (χ0v) is 15.4. The van der Waals surface area contributed by atoms with Crippen molar-refractivity contribution in [1.29, 1.82) is 0 Å². The summed E-state index contributed by atoms with van der Waals surface area (Å²) in [4.78, 5) is 26.8. The Bertz CT molecular complexity index is 811. The van der Waals surface area contributed by atoms with Gasteiger partial charge in [-0.2, -0.15) is 10.2 Å². The predicted molar refractivity (Wildman–Crippen MR) is 94.4 cm³/mol. The third-order valence-corrected chi connectivity index (χ3v) is 4.70. The van der Waals surface area contributed by atoms with E-state index in [4.69, 9.17) is 4.74 Å². The van der Waals surface area contributed by atoms with Crippen LogP contribution < -0.4 is 5.32 Å². The molecule has 1 aliphatic rings. The molecule has 0 bridgehead atoms. The minimum absolute atomic E-state index is 0.123. The number of likely N-dealkylation sites (N-methyl/N-ethyl adjacent to an activating group) is 1. The average Bonchev–Trinajstić information content (AvgIpc) is 3.20. The number of aromatic nitrogens is 4. The molecule has 9 heteroatoms. The van der Waals surface area contributed by atoms with Gasteiger partial charge in [0.25, 0.3) is 5.91 Å². The molecule has 2 amide bonds. The van der Waals surface area contributed by atoms with Crippen LogP contribution in [0.1, 0.15) is 36.7 Å². The second-order valence-electron chi connectivity index (χ2n) is 6.32. The van der Waals surface area contributed by atoms with E-state index in [-0.39, 0.29) is 18.4 Å². The first-order chi connectivity index (χ1) is 12.5. The minimum atomic E-state index is -0.835. The number of morpholine rings is 1. The number of hydrogen-bond acceptors (Lipinski definition) is 5. The van der Waals surface area contributed by atoms with Crippen LogP contribution in [0.15, 0.2) is 12.4 Å². The van der Waals surface area contributed by atoms with Gasteiger partial charge in [0.1, 0.15) is 6.61 Å². The number of aryl methyl sites for hydroxylation is 2. The number of amides is 2. The molecule has 1 aliphatic heterocycles. The highest BCUT2D eigenvalue weighted by molar-refractivity contribution is 5.96. The SMILES string of the molecule is CCc1[nH]nc(NC(=O)[C@H]2OCC(=O)N(CC)[C@@H]2c2cnn(C)c2)c1C. The lowest BCUT2D eigenvalue weighted by Gasteiger charge is -2.39. The Kier molecular flexibility index (Phi) is 5.08. The molecule has 2 N–H and O–H groups in total. The van der Waals surface area contributed by atoms with Crippen molar-refractivity contribution in [2.75, 3.05) is 18.5 Å². The standard InChI is InChI=1S/C17H24N6O3/c1-5-12-10(3)16(21-20-12)19-17(25)15-14(11-7-18-22(4)8-11)23(6-2)13(24)9-26-15/h7-8,14-15H,5-6,9H2,1-4H3,(H2,19,20,21,25)/t14-,15+/m1/s1. The van der Waals surface area contributed by atoms with Crippen molar-refractivity contribution in [3.8, 4) is 0 Å². The van der Waals surface area contributed by atoms with Crippen LogP contribution >= 0.6 is 0 Å². The molecule has 2 atom stereocenters. The lowest BCUT2D eigenvalue weighted by Crippen LogP contribution is -2.53. The Morgan fingerprint density at radius 3 is 2.81 bits per heavy atom. The number of carbonyl (C=O) groups is 2. The van der Waals surface area contributed by atoms with E-state index in [2.05, 4.69) is 20.6 Å². The van der Waals surface area contributed by atoms with Crippen LogP contribution in [0.4, 0.5) is 5.82 Å². The normalized spacial score (nSPS) is 20.5. The zero-order chi connectivity index (χ0) is 18.8. The summed E-state index contributed by atoms with van der Waals surface area (Å²) in [5.74, 6) is 0.0111. The molecular formula is C17H24N6O3. The fraction of sp³-hybridized carbons (Fsp3) is 0.529. The van der Waals surface area contributed by atoms with Gasteiger partial charge in [0.05, 0.1) is 12.2 Å². The first-order valence-electron chi connectivity index (χ1n) is 8.70. The molecule has 0 radical (unpaired) electrons. The number of anilines is 1. The van der Waals surface area contributed by atoms with Crippen LogP contribution in [0.2, 0.25) is 0 Å². The lowest BCUT2D eigenvalue weighted by molar-refractivity contribution is -0.162. The van der Waals surface area contributed by atoms with Crippen molar-refractivity contribution in [2.24, 2.45) is 7.05 Å². The smallest absolute Gasteiger partial charge is 0.257 e. The summed E-state index contributed by atoms with van der Waals surface area (Å²) in [5.41, 5.74) is 2.63. The van der Waals surface area contributed by atoms with Crippen molar-refractivity contribution in [3.05, 3.63) is 29.2 Å². The van der Waals surface area contributed by atoms with Gasteiger partial charge in [-0.15, -0.1) is 0 Å². The van der Waals surface area contributed by atoms with E-state index in [1.807, 2.05) is 20.8 Å². The molecule has 0 aliphatic carbocycles. The molecule has 3 rings (SSSR count). The first kappa shape index (κ1) is 18.1. The van der Waals surface area contributed by atoms with Crippen molar-refractivity contribution >= 4 is 17.6 Å². The fourth-order valence-corrected chi connectivity index (χ4v) is 3.28. The second kappa shape index (κ2) is 7.28. The summed E-state index contributed by atoms with van der Waals surface area (Å²) in [7, 11) is 1.79. The van der Waals surface area contributed by atoms with E-state index in [0.717, 1.165) is 23.2 Å². The summed E-state index contributed by atoms with van der Waals surface area (Å²) in [6.07, 6.45) is 3.41. The van der Waals surface area contributed by atoms with Crippen LogP contribution in [0.25, 0.3) is 0 Å². The maximum atomic E-state index is 12.9. The summed E-state index contributed by atoms with van der Waals surface area (Å²) in [6.45, 7) is 6.15. The minimum Gasteiger partial charge on any atom is -0.356 e. The van der Waals surface area contributed by atoms with Gasteiger partial charge in [0.15, 0.2) is 11.9 Å². The Hall–Kier alpha value is -2.68. The Labute approximate surface area is 151 Å². The number of carbonyl (C=O) groups excluding carboxylic acids is 2. The van der Waals surface area contributed by atoms with Gasteiger partial charge >= 0.3 is 0 Å². The van der Waals surface area contributed by atoms with E-state index in [9.17, 15) is 9.59 Å². The van der Waals surface area contributed by atoms with Gasteiger partial charge in [-0.1, -0.05) is 6.92 Å². The molecule has 0 spiro atoms. The fourth-order valence-electron chi connectivity index (χ4n) is 3.28. The van der Waals surface area contributed by atoms with Crippen LogP contribution in [0, 0.1) is 6.92 Å². The molecule has 0 aromatic carbocycles. The number of aromatic amines is 1. The Morgan fingerprint density at radius 1 is 1.46 bits per heavy atom. The molecule has 2 aromatic rings. The van der Waals surface area contributed by atoms with Crippen LogP contribution in [0.5, 0.6) is 0 Å². The Morgan fingerprint density at radius 2 is 2.23 bits per heavy atom. The number of nitrogens with one attached hydrogen (secondary N) is 2. The lowest BCUT2D eigenvalue weighted by atomic mass is 10.00. The highest BCUT2D eigenvalue weighted by Crippen LogP contribution is 2.31. The topological polar surface area (TPSA) is 105 Å². The van der Waals surface area contributed by atoms with Gasteiger partial charge in [-0.25, -0.2) is 0 Å². The summed E-state index contributed by atoms with van der Waals surface area (Å²) in [5, 5.41) is 14.1. The molecule has 26 heavy (non-hydrogen) atoms. The van der Waals surface area contributed by atoms with Gasteiger partial charge < -0.3 is 15.0 Å². The van der Waals surface area contributed by atoms with Crippen molar-refractivity contribution in [2.45, 2.75) is 39.3 Å². The second-order valence-corrected chi connectivity index (χ2v) is 6.32. The first-order valence-corrected chi connectivity index (χ1v) is 8.70. The predicted octanol–water partition coefficient (Wildman–Crippen LogP) is 0.941. The third-order valence-electron chi connectivity index (χ3n) is 4.70. The number of nitrogens with zero attached hydrogens (tertiary/aromatic N) is 4. The van der Waals surface area contributed by atoms with E-state index in [1.54, 1.807) is 29.0 Å². The molecule has 0 saturated carbocycles. The Balaban J connectivity index is 1.88. The monoisotopic (exact) mass is 360 g/mol. The van der Waals surface area contributed by atoms with Crippen LogP contribution in [0.3, 0.4) is 0 Å². The molecule has 1 fully saturated rings. The molecule has 140 valence electrons. The molecule has 9 nitrogen and oxygen atoms in total. The average molecular weight is 360 g/mol. The number of hydrogen-bond donors (Lipinski definition) is 2. The summed E-state index contributed by atoms with van der Waals surface area (Å²) in [6, 6.07) is -0.528.